The molecule has 9 nitrogen and oxygen atoms in total. The minimum atomic E-state index is -1.47. The standard InChI is InChI=1S/C19H19N2O7P.H3P.2U/c1-12(22)27-11-17(23)21(19(25)26)16-8-4-14(5-9-16)10-13-2-6-15(7-3-13)20-18(24)28-29;;;/h2-9H,10-11,29H2,1H3,(H,20,24)(H,25,26);1H3;;. The third-order valence-electron chi connectivity index (χ3n) is 3.75. The maximum absolute atomic E-state index is 12.0. The quantitative estimate of drug-likeness (QED) is 0.338. The Labute approximate surface area is 238 Å². The number of nitrogens with zero attached hydrogens (tertiary/aromatic N) is 1. The molecule has 2 aromatic carbocycles. The van der Waals surface area contributed by atoms with Crippen LogP contribution < -0.4 is 10.2 Å². The van der Waals surface area contributed by atoms with Crippen molar-refractivity contribution in [3.05, 3.63) is 59.7 Å². The normalized spacial score (nSPS) is 9.06. The fourth-order valence-electron chi connectivity index (χ4n) is 2.44. The van der Waals surface area contributed by atoms with E-state index in [1.807, 2.05) is 21.6 Å². The van der Waals surface area contributed by atoms with Crippen molar-refractivity contribution in [2.24, 2.45) is 0 Å². The second-order valence-electron chi connectivity index (χ2n) is 5.86. The Kier molecular flexibility index (Phi) is 17.3. The second-order valence-corrected chi connectivity index (χ2v) is 6.10. The molecule has 0 radical (unpaired) electrons. The third-order valence-corrected chi connectivity index (χ3v) is 3.96. The number of carboxylic acid groups (broad SMARTS) is 1. The topological polar surface area (TPSA) is 122 Å². The molecule has 2 aromatic rings. The summed E-state index contributed by atoms with van der Waals surface area (Å²) < 4.78 is 9.01. The van der Waals surface area contributed by atoms with E-state index in [1.165, 1.54) is 12.1 Å². The predicted molar refractivity (Wildman–Crippen MR) is 119 cm³/mol. The molecule has 2 unspecified atom stereocenters. The molecule has 0 aliphatic carbocycles. The van der Waals surface area contributed by atoms with Crippen molar-refractivity contribution in [2.75, 3.05) is 16.8 Å². The summed E-state index contributed by atoms with van der Waals surface area (Å²) in [6.07, 6.45) is -1.50. The van der Waals surface area contributed by atoms with Crippen molar-refractivity contribution in [1.82, 2.24) is 0 Å². The van der Waals surface area contributed by atoms with Gasteiger partial charge in [-0.15, -0.1) is 0 Å². The molecule has 2 atom stereocenters. The van der Waals surface area contributed by atoms with Crippen molar-refractivity contribution in [3.63, 3.8) is 0 Å². The van der Waals surface area contributed by atoms with Crippen molar-refractivity contribution >= 4 is 54.8 Å². The van der Waals surface area contributed by atoms with Gasteiger partial charge in [-0.1, -0.05) is 24.3 Å². The Morgan fingerprint density at radius 3 is 1.91 bits per heavy atom. The van der Waals surface area contributed by atoms with E-state index in [-0.39, 0.29) is 77.8 Å². The summed E-state index contributed by atoms with van der Waals surface area (Å²) in [6, 6.07) is 13.5. The first-order valence-electron chi connectivity index (χ1n) is 8.35. The van der Waals surface area contributed by atoms with Crippen LogP contribution >= 0.6 is 19.4 Å². The molecular formula is C19H22N2O7P2U2. The Hall–Kier alpha value is -0.916. The van der Waals surface area contributed by atoms with Crippen molar-refractivity contribution < 1.29 is 95.8 Å². The van der Waals surface area contributed by atoms with Gasteiger partial charge in [-0.3, -0.25) is 14.9 Å². The van der Waals surface area contributed by atoms with Crippen LogP contribution in [0.5, 0.6) is 0 Å². The molecule has 13 heteroatoms. The van der Waals surface area contributed by atoms with Gasteiger partial charge < -0.3 is 14.4 Å². The number of hydrogen-bond donors (Lipinski definition) is 2. The number of ether oxygens (including phenoxy) is 1. The van der Waals surface area contributed by atoms with Crippen LogP contribution in [-0.2, 0) is 25.3 Å². The van der Waals surface area contributed by atoms with Crippen LogP contribution in [0.4, 0.5) is 21.0 Å². The van der Waals surface area contributed by atoms with Crippen molar-refractivity contribution in [3.8, 4) is 0 Å². The molecule has 2 rings (SSSR count). The van der Waals surface area contributed by atoms with E-state index in [1.54, 1.807) is 24.3 Å². The largest absolute Gasteiger partial charge is 0.464 e. The van der Waals surface area contributed by atoms with E-state index in [2.05, 4.69) is 14.6 Å². The Bertz CT molecular complexity index is 913. The number of hydrogen-bond acceptors (Lipinski definition) is 6. The summed E-state index contributed by atoms with van der Waals surface area (Å²) >= 11 is 0. The second kappa shape index (κ2) is 16.7. The zero-order valence-corrected chi connectivity index (χ0v) is 28.1. The number of rotatable bonds is 6. The summed E-state index contributed by atoms with van der Waals surface area (Å²) in [5.41, 5.74) is 2.58. The predicted octanol–water partition coefficient (Wildman–Crippen LogP) is 3.25. The number of amides is 3. The molecule has 0 heterocycles. The fourth-order valence-corrected chi connectivity index (χ4v) is 2.50. The van der Waals surface area contributed by atoms with Crippen LogP contribution in [-0.4, -0.2) is 35.8 Å². The molecule has 0 aliphatic heterocycles. The molecular weight excluding hydrogens is 906 g/mol. The van der Waals surface area contributed by atoms with Gasteiger partial charge in [0, 0.05) is 74.8 Å². The third kappa shape index (κ3) is 10.8. The van der Waals surface area contributed by atoms with Crippen molar-refractivity contribution in [1.29, 1.82) is 0 Å². The molecule has 0 fully saturated rings. The van der Waals surface area contributed by atoms with E-state index >= 15 is 0 Å². The molecule has 0 aromatic heterocycles. The van der Waals surface area contributed by atoms with Crippen LogP contribution in [0, 0.1) is 62.2 Å². The van der Waals surface area contributed by atoms with Crippen LogP contribution in [0.3, 0.4) is 0 Å². The average Bonchev–Trinajstić information content (AvgIpc) is 2.69. The number of benzene rings is 2. The van der Waals surface area contributed by atoms with Crippen molar-refractivity contribution in [2.45, 2.75) is 13.3 Å². The minimum absolute atomic E-state index is 0. The fraction of sp³-hybridized carbons (Fsp3) is 0.158. The van der Waals surface area contributed by atoms with Gasteiger partial charge in [-0.05, 0) is 41.8 Å². The maximum Gasteiger partial charge on any atom is 0.418 e. The van der Waals surface area contributed by atoms with Crippen LogP contribution in [0.1, 0.15) is 18.1 Å². The molecule has 32 heavy (non-hydrogen) atoms. The van der Waals surface area contributed by atoms with E-state index in [4.69, 9.17) is 0 Å². The molecule has 0 aliphatic rings. The monoisotopic (exact) mass is 928 g/mol. The molecule has 3 amide bonds. The molecule has 0 saturated carbocycles. The molecule has 0 spiro atoms. The van der Waals surface area contributed by atoms with Gasteiger partial charge >= 0.3 is 18.2 Å². The molecule has 0 bridgehead atoms. The zero-order valence-electron chi connectivity index (χ0n) is 17.2. The molecule has 2 N–H and O–H groups in total. The van der Waals surface area contributed by atoms with E-state index < -0.39 is 30.7 Å². The van der Waals surface area contributed by atoms with E-state index in [0.29, 0.717) is 17.0 Å². The summed E-state index contributed by atoms with van der Waals surface area (Å²) in [4.78, 5) is 45.9. The SMILES string of the molecule is CC(=O)OCC(=O)N(C(=O)O)c1ccc(Cc2ccc(NC(=O)OP)cc2)cc1.P.[U].[U]. The van der Waals surface area contributed by atoms with E-state index in [9.17, 15) is 24.3 Å². The smallest absolute Gasteiger partial charge is 0.418 e. The number of esters is 1. The molecule has 168 valence electrons. The summed E-state index contributed by atoms with van der Waals surface area (Å²) in [5, 5.41) is 11.8. The first-order valence-corrected chi connectivity index (χ1v) is 8.82. The number of imide groups is 1. The van der Waals surface area contributed by atoms with Gasteiger partial charge in [0.05, 0.1) is 15.2 Å². The summed E-state index contributed by atoms with van der Waals surface area (Å²) in [7, 11) is 1.86. The number of carbonyl (C=O) groups is 4. The van der Waals surface area contributed by atoms with Gasteiger partial charge in [0.15, 0.2) is 6.61 Å². The molecule has 0 saturated heterocycles. The maximum atomic E-state index is 12.0. The first-order chi connectivity index (χ1) is 13.8. The Morgan fingerprint density at radius 1 is 0.969 bits per heavy atom. The van der Waals surface area contributed by atoms with Gasteiger partial charge in [0.2, 0.25) is 0 Å². The first kappa shape index (κ1) is 33.3. The number of anilines is 2. The van der Waals surface area contributed by atoms with Crippen LogP contribution in [0.15, 0.2) is 48.5 Å². The number of carbonyl (C=O) groups excluding carboxylic acids is 3. The van der Waals surface area contributed by atoms with E-state index in [0.717, 1.165) is 18.1 Å². The van der Waals surface area contributed by atoms with Crippen LogP contribution in [0.2, 0.25) is 0 Å². The van der Waals surface area contributed by atoms with Gasteiger partial charge in [-0.25, -0.2) is 14.5 Å². The Morgan fingerprint density at radius 2 is 1.47 bits per heavy atom. The van der Waals surface area contributed by atoms with Gasteiger partial charge in [-0.2, -0.15) is 9.90 Å². The van der Waals surface area contributed by atoms with Crippen LogP contribution in [0.25, 0.3) is 0 Å². The zero-order chi connectivity index (χ0) is 21.4. The number of nitrogens with one attached hydrogen (secondary N) is 1. The van der Waals surface area contributed by atoms with Gasteiger partial charge in [0.25, 0.3) is 5.91 Å². The Balaban J connectivity index is 0. The minimum Gasteiger partial charge on any atom is -0.464 e. The van der Waals surface area contributed by atoms with Gasteiger partial charge in [0.1, 0.15) is 0 Å². The summed E-state index contributed by atoms with van der Waals surface area (Å²) in [5.74, 6) is -1.54. The average molecular weight is 928 g/mol. The summed E-state index contributed by atoms with van der Waals surface area (Å²) in [6.45, 7) is 0.471.